The molecule has 2 rings (SSSR count). The molecule has 0 saturated heterocycles. The molecular weight excluding hydrogens is 186 g/mol. The smallest absolute Gasteiger partial charge is 0.0797 e. The number of hydrogen-bond acceptors (Lipinski definition) is 2. The Morgan fingerprint density at radius 2 is 2.07 bits per heavy atom. The third-order valence-electron chi connectivity index (χ3n) is 2.60. The quantitative estimate of drug-likeness (QED) is 0.827. The van der Waals surface area contributed by atoms with Gasteiger partial charge >= 0.3 is 0 Å². The van der Waals surface area contributed by atoms with Gasteiger partial charge in [0.05, 0.1) is 11.6 Å². The van der Waals surface area contributed by atoms with Crippen molar-refractivity contribution in [3.63, 3.8) is 0 Å². The summed E-state index contributed by atoms with van der Waals surface area (Å²) >= 11 is 0. The van der Waals surface area contributed by atoms with Gasteiger partial charge in [-0.15, -0.1) is 0 Å². The number of pyridine rings is 1. The molecule has 15 heavy (non-hydrogen) atoms. The molecule has 0 amide bonds. The zero-order valence-electron chi connectivity index (χ0n) is 8.85. The van der Waals surface area contributed by atoms with Crippen LogP contribution in [0.25, 0.3) is 10.9 Å². The Kier molecular flexibility index (Phi) is 2.97. The lowest BCUT2D eigenvalue weighted by Crippen LogP contribution is -1.98. The summed E-state index contributed by atoms with van der Waals surface area (Å²) in [7, 11) is 0. The molecule has 0 aliphatic heterocycles. The highest BCUT2D eigenvalue weighted by molar-refractivity contribution is 5.82. The number of fused-ring (bicyclic) bond motifs is 1. The van der Waals surface area contributed by atoms with Gasteiger partial charge < -0.3 is 5.11 Å². The first-order valence-corrected chi connectivity index (χ1v) is 5.34. The average molecular weight is 201 g/mol. The van der Waals surface area contributed by atoms with Gasteiger partial charge in [-0.2, -0.15) is 0 Å². The fraction of sp³-hybridized carbons (Fsp3) is 0.308. The maximum absolute atomic E-state index is 9.99. The number of aromatic nitrogens is 1. The van der Waals surface area contributed by atoms with Gasteiger partial charge in [0, 0.05) is 11.6 Å². The van der Waals surface area contributed by atoms with E-state index in [1.807, 2.05) is 30.3 Å². The van der Waals surface area contributed by atoms with Crippen molar-refractivity contribution in [1.29, 1.82) is 0 Å². The molecule has 1 heterocycles. The third-order valence-corrected chi connectivity index (χ3v) is 2.60. The lowest BCUT2D eigenvalue weighted by molar-refractivity contribution is 0.168. The Labute approximate surface area is 89.6 Å². The van der Waals surface area contributed by atoms with Gasteiger partial charge in [-0.1, -0.05) is 31.5 Å². The minimum absolute atomic E-state index is 0.372. The second-order valence-electron chi connectivity index (χ2n) is 3.72. The number of aliphatic hydroxyl groups excluding tert-OH is 1. The fourth-order valence-corrected chi connectivity index (χ4v) is 1.84. The molecule has 0 spiro atoms. The van der Waals surface area contributed by atoms with Crippen LogP contribution in [-0.4, -0.2) is 10.1 Å². The first-order chi connectivity index (χ1) is 7.33. The van der Waals surface area contributed by atoms with Crippen LogP contribution in [-0.2, 0) is 0 Å². The third kappa shape index (κ3) is 2.00. The number of para-hydroxylation sites is 1. The molecule has 0 aliphatic rings. The molecule has 2 aromatic rings. The van der Waals surface area contributed by atoms with Crippen molar-refractivity contribution < 1.29 is 5.11 Å². The number of nitrogens with zero attached hydrogens (tertiary/aromatic N) is 1. The molecule has 78 valence electrons. The number of rotatable bonds is 3. The summed E-state index contributed by atoms with van der Waals surface area (Å²) in [6.07, 6.45) is 3.17. The lowest BCUT2D eigenvalue weighted by atomic mass is 10.0. The van der Waals surface area contributed by atoms with Crippen LogP contribution >= 0.6 is 0 Å². The van der Waals surface area contributed by atoms with Gasteiger partial charge in [0.2, 0.25) is 0 Å². The summed E-state index contributed by atoms with van der Waals surface area (Å²) < 4.78 is 0. The van der Waals surface area contributed by atoms with Crippen molar-refractivity contribution in [2.24, 2.45) is 0 Å². The van der Waals surface area contributed by atoms with Gasteiger partial charge in [-0.3, -0.25) is 4.98 Å². The molecule has 2 nitrogen and oxygen atoms in total. The Morgan fingerprint density at radius 3 is 2.87 bits per heavy atom. The fourth-order valence-electron chi connectivity index (χ4n) is 1.84. The Bertz CT molecular complexity index is 448. The van der Waals surface area contributed by atoms with E-state index in [0.717, 1.165) is 29.3 Å². The number of aliphatic hydroxyl groups is 1. The van der Waals surface area contributed by atoms with Crippen LogP contribution in [0.5, 0.6) is 0 Å². The van der Waals surface area contributed by atoms with E-state index in [9.17, 15) is 5.11 Å². The van der Waals surface area contributed by atoms with Crippen LogP contribution in [0.3, 0.4) is 0 Å². The maximum atomic E-state index is 9.99. The number of benzene rings is 1. The Morgan fingerprint density at radius 1 is 1.27 bits per heavy atom. The highest BCUT2D eigenvalue weighted by Crippen LogP contribution is 2.25. The van der Waals surface area contributed by atoms with Crippen LogP contribution in [0.15, 0.2) is 36.5 Å². The van der Waals surface area contributed by atoms with Crippen LogP contribution in [0.1, 0.15) is 31.4 Å². The molecule has 1 unspecified atom stereocenters. The first kappa shape index (κ1) is 10.1. The minimum atomic E-state index is -0.372. The zero-order valence-corrected chi connectivity index (χ0v) is 8.85. The molecule has 0 fully saturated rings. The standard InChI is InChI=1S/C13H15NO/c1-2-5-13(15)11-8-9-14-12-7-4-3-6-10(11)12/h3-4,6-9,13,15H,2,5H2,1H3. The summed E-state index contributed by atoms with van der Waals surface area (Å²) in [6, 6.07) is 9.83. The van der Waals surface area contributed by atoms with Gasteiger partial charge in [-0.05, 0) is 24.1 Å². The van der Waals surface area contributed by atoms with Crippen LogP contribution in [0.4, 0.5) is 0 Å². The van der Waals surface area contributed by atoms with Crippen molar-refractivity contribution in [2.45, 2.75) is 25.9 Å². The SMILES string of the molecule is CCCC(O)c1ccnc2ccccc12. The molecule has 0 aliphatic carbocycles. The van der Waals surface area contributed by atoms with Crippen molar-refractivity contribution in [1.82, 2.24) is 4.98 Å². The zero-order chi connectivity index (χ0) is 10.7. The van der Waals surface area contributed by atoms with E-state index < -0.39 is 0 Å². The van der Waals surface area contributed by atoms with E-state index in [4.69, 9.17) is 0 Å². The summed E-state index contributed by atoms with van der Waals surface area (Å²) in [5, 5.41) is 11.0. The van der Waals surface area contributed by atoms with E-state index in [-0.39, 0.29) is 6.10 Å². The Balaban J connectivity index is 2.50. The minimum Gasteiger partial charge on any atom is -0.388 e. The van der Waals surface area contributed by atoms with Crippen molar-refractivity contribution in [2.75, 3.05) is 0 Å². The van der Waals surface area contributed by atoms with Crippen molar-refractivity contribution in [3.05, 3.63) is 42.1 Å². The first-order valence-electron chi connectivity index (χ1n) is 5.34. The summed E-state index contributed by atoms with van der Waals surface area (Å²) in [5.74, 6) is 0. The molecule has 0 bridgehead atoms. The van der Waals surface area contributed by atoms with Crippen molar-refractivity contribution in [3.8, 4) is 0 Å². The predicted molar refractivity (Wildman–Crippen MR) is 61.6 cm³/mol. The van der Waals surface area contributed by atoms with Crippen LogP contribution in [0.2, 0.25) is 0 Å². The van der Waals surface area contributed by atoms with Crippen LogP contribution < -0.4 is 0 Å². The van der Waals surface area contributed by atoms with E-state index in [0.29, 0.717) is 0 Å². The lowest BCUT2D eigenvalue weighted by Gasteiger charge is -2.11. The summed E-state index contributed by atoms with van der Waals surface area (Å²) in [4.78, 5) is 4.27. The van der Waals surface area contributed by atoms with E-state index in [1.54, 1.807) is 6.20 Å². The van der Waals surface area contributed by atoms with E-state index in [1.165, 1.54) is 0 Å². The molecular formula is C13H15NO. The molecule has 0 saturated carbocycles. The van der Waals surface area contributed by atoms with Crippen molar-refractivity contribution >= 4 is 10.9 Å². The Hall–Kier alpha value is -1.41. The maximum Gasteiger partial charge on any atom is 0.0797 e. The molecule has 2 heteroatoms. The number of hydrogen-bond donors (Lipinski definition) is 1. The van der Waals surface area contributed by atoms with Gasteiger partial charge in [0.15, 0.2) is 0 Å². The molecule has 1 N–H and O–H groups in total. The monoisotopic (exact) mass is 201 g/mol. The highest BCUT2D eigenvalue weighted by Gasteiger charge is 2.09. The predicted octanol–water partition coefficient (Wildman–Crippen LogP) is 3.07. The molecule has 1 atom stereocenters. The normalized spacial score (nSPS) is 12.9. The van der Waals surface area contributed by atoms with E-state index in [2.05, 4.69) is 11.9 Å². The highest BCUT2D eigenvalue weighted by atomic mass is 16.3. The second-order valence-corrected chi connectivity index (χ2v) is 3.72. The average Bonchev–Trinajstić information content (AvgIpc) is 2.28. The second kappa shape index (κ2) is 4.41. The van der Waals surface area contributed by atoms with Crippen LogP contribution in [0, 0.1) is 0 Å². The largest absolute Gasteiger partial charge is 0.388 e. The molecule has 1 aromatic carbocycles. The summed E-state index contributed by atoms with van der Waals surface area (Å²) in [5.41, 5.74) is 1.94. The van der Waals surface area contributed by atoms with Gasteiger partial charge in [0.1, 0.15) is 0 Å². The molecule has 0 radical (unpaired) electrons. The van der Waals surface area contributed by atoms with Gasteiger partial charge in [-0.25, -0.2) is 0 Å². The van der Waals surface area contributed by atoms with E-state index >= 15 is 0 Å². The summed E-state index contributed by atoms with van der Waals surface area (Å²) in [6.45, 7) is 2.08. The topological polar surface area (TPSA) is 33.1 Å². The molecule has 1 aromatic heterocycles. The van der Waals surface area contributed by atoms with Gasteiger partial charge in [0.25, 0.3) is 0 Å².